The Morgan fingerprint density at radius 2 is 2.05 bits per heavy atom. The molecule has 19 heavy (non-hydrogen) atoms. The van der Waals surface area contributed by atoms with Crippen LogP contribution in [-0.4, -0.2) is 55.4 Å². The SMILES string of the molecule is COc1ccc(C(O)C2CSCCN2C)cc1OC. The number of hydrogen-bond acceptors (Lipinski definition) is 5. The Morgan fingerprint density at radius 1 is 1.32 bits per heavy atom. The maximum absolute atomic E-state index is 10.5. The third kappa shape index (κ3) is 3.16. The molecule has 2 unspecified atom stereocenters. The highest BCUT2D eigenvalue weighted by Crippen LogP contribution is 2.33. The van der Waals surface area contributed by atoms with Gasteiger partial charge in [-0.15, -0.1) is 0 Å². The van der Waals surface area contributed by atoms with Crippen LogP contribution in [-0.2, 0) is 0 Å². The number of nitrogens with zero attached hydrogens (tertiary/aromatic N) is 1. The number of benzene rings is 1. The average molecular weight is 283 g/mol. The van der Waals surface area contributed by atoms with Gasteiger partial charge in [0.05, 0.1) is 20.3 Å². The van der Waals surface area contributed by atoms with Crippen molar-refractivity contribution < 1.29 is 14.6 Å². The summed E-state index contributed by atoms with van der Waals surface area (Å²) in [6.07, 6.45) is -0.502. The molecule has 1 aromatic carbocycles. The van der Waals surface area contributed by atoms with Crippen molar-refractivity contribution in [2.24, 2.45) is 0 Å². The predicted molar refractivity (Wildman–Crippen MR) is 78.2 cm³/mol. The minimum Gasteiger partial charge on any atom is -0.493 e. The molecule has 1 aliphatic rings. The van der Waals surface area contributed by atoms with E-state index in [4.69, 9.17) is 9.47 Å². The highest BCUT2D eigenvalue weighted by Gasteiger charge is 2.28. The minimum absolute atomic E-state index is 0.150. The summed E-state index contributed by atoms with van der Waals surface area (Å²) in [6.45, 7) is 1.01. The lowest BCUT2D eigenvalue weighted by Gasteiger charge is -2.35. The van der Waals surface area contributed by atoms with Crippen LogP contribution in [0.4, 0.5) is 0 Å². The average Bonchev–Trinajstić information content (AvgIpc) is 2.46. The molecule has 0 amide bonds. The van der Waals surface area contributed by atoms with Crippen molar-refractivity contribution in [2.75, 3.05) is 39.3 Å². The summed E-state index contributed by atoms with van der Waals surface area (Å²) in [6, 6.07) is 5.75. The number of aliphatic hydroxyl groups is 1. The van der Waals surface area contributed by atoms with Crippen molar-refractivity contribution in [3.05, 3.63) is 23.8 Å². The van der Waals surface area contributed by atoms with Gasteiger partial charge >= 0.3 is 0 Å². The van der Waals surface area contributed by atoms with Gasteiger partial charge in [-0.05, 0) is 24.7 Å². The summed E-state index contributed by atoms with van der Waals surface area (Å²) < 4.78 is 10.5. The first kappa shape index (κ1) is 14.5. The molecular weight excluding hydrogens is 262 g/mol. The number of methoxy groups -OCH3 is 2. The quantitative estimate of drug-likeness (QED) is 0.912. The first-order valence-corrected chi connectivity index (χ1v) is 7.50. The monoisotopic (exact) mass is 283 g/mol. The molecular formula is C14H21NO3S. The summed E-state index contributed by atoms with van der Waals surface area (Å²) in [5, 5.41) is 10.5. The zero-order valence-corrected chi connectivity index (χ0v) is 12.4. The third-order valence-electron chi connectivity index (χ3n) is 3.56. The molecule has 2 atom stereocenters. The lowest BCUT2D eigenvalue weighted by atomic mass is 10.0. The van der Waals surface area contributed by atoms with Crippen molar-refractivity contribution in [3.63, 3.8) is 0 Å². The van der Waals surface area contributed by atoms with Crippen LogP contribution in [0, 0.1) is 0 Å². The normalized spacial score (nSPS) is 22.0. The van der Waals surface area contributed by atoms with Crippen LogP contribution < -0.4 is 9.47 Å². The molecule has 1 aromatic rings. The molecule has 0 bridgehead atoms. The van der Waals surface area contributed by atoms with Crippen molar-refractivity contribution in [1.82, 2.24) is 4.90 Å². The Kier molecular flexibility index (Phi) is 4.96. The highest BCUT2D eigenvalue weighted by atomic mass is 32.2. The topological polar surface area (TPSA) is 41.9 Å². The Morgan fingerprint density at radius 3 is 2.68 bits per heavy atom. The van der Waals surface area contributed by atoms with Gasteiger partial charge in [-0.25, -0.2) is 0 Å². The summed E-state index contributed by atoms with van der Waals surface area (Å²) in [5.41, 5.74) is 0.872. The standard InChI is InChI=1S/C14H21NO3S/c1-15-6-7-19-9-11(15)14(16)10-4-5-12(17-2)13(8-10)18-3/h4-5,8,11,14,16H,6-7,9H2,1-3H3. The van der Waals surface area contributed by atoms with Crippen molar-refractivity contribution in [3.8, 4) is 11.5 Å². The first-order chi connectivity index (χ1) is 9.17. The van der Waals surface area contributed by atoms with E-state index in [0.717, 1.165) is 23.6 Å². The summed E-state index contributed by atoms with van der Waals surface area (Å²) in [4.78, 5) is 2.22. The van der Waals surface area contributed by atoms with Gasteiger partial charge in [-0.3, -0.25) is 4.90 Å². The Bertz CT molecular complexity index is 427. The van der Waals surface area contributed by atoms with E-state index in [9.17, 15) is 5.11 Å². The van der Waals surface area contributed by atoms with Crippen molar-refractivity contribution in [1.29, 1.82) is 0 Å². The Labute approximate surface area is 118 Å². The fourth-order valence-electron chi connectivity index (χ4n) is 2.30. The number of rotatable bonds is 4. The molecule has 1 fully saturated rings. The van der Waals surface area contributed by atoms with E-state index in [-0.39, 0.29) is 6.04 Å². The second kappa shape index (κ2) is 6.50. The van der Waals surface area contributed by atoms with Gasteiger partial charge in [0.2, 0.25) is 0 Å². The van der Waals surface area contributed by atoms with E-state index in [1.807, 2.05) is 30.0 Å². The van der Waals surface area contributed by atoms with E-state index in [0.29, 0.717) is 11.5 Å². The van der Waals surface area contributed by atoms with Gasteiger partial charge in [0, 0.05) is 24.1 Å². The molecule has 5 heteroatoms. The lowest BCUT2D eigenvalue weighted by molar-refractivity contribution is 0.0756. The number of hydrogen-bond donors (Lipinski definition) is 1. The van der Waals surface area contributed by atoms with Crippen LogP contribution >= 0.6 is 11.8 Å². The fourth-order valence-corrected chi connectivity index (χ4v) is 3.56. The summed E-state index contributed by atoms with van der Waals surface area (Å²) >= 11 is 1.89. The zero-order valence-electron chi connectivity index (χ0n) is 11.6. The fraction of sp³-hybridized carbons (Fsp3) is 0.571. The lowest BCUT2D eigenvalue weighted by Crippen LogP contribution is -2.43. The second-order valence-electron chi connectivity index (χ2n) is 4.68. The van der Waals surface area contributed by atoms with E-state index in [2.05, 4.69) is 11.9 Å². The maximum Gasteiger partial charge on any atom is 0.161 e. The molecule has 1 N–H and O–H groups in total. The van der Waals surface area contributed by atoms with Gasteiger partial charge in [-0.1, -0.05) is 6.07 Å². The third-order valence-corrected chi connectivity index (χ3v) is 4.61. The van der Waals surface area contributed by atoms with Crippen LogP contribution in [0.25, 0.3) is 0 Å². The van der Waals surface area contributed by atoms with Gasteiger partial charge < -0.3 is 14.6 Å². The van der Waals surface area contributed by atoms with Gasteiger partial charge in [0.25, 0.3) is 0 Å². The smallest absolute Gasteiger partial charge is 0.161 e. The van der Waals surface area contributed by atoms with Crippen molar-refractivity contribution in [2.45, 2.75) is 12.1 Å². The molecule has 0 radical (unpaired) electrons. The number of thioether (sulfide) groups is 1. The molecule has 0 saturated carbocycles. The highest BCUT2D eigenvalue weighted by molar-refractivity contribution is 7.99. The molecule has 1 saturated heterocycles. The summed E-state index contributed by atoms with van der Waals surface area (Å²) in [5.74, 6) is 3.42. The largest absolute Gasteiger partial charge is 0.493 e. The zero-order chi connectivity index (χ0) is 13.8. The summed E-state index contributed by atoms with van der Waals surface area (Å²) in [7, 11) is 5.28. The Balaban J connectivity index is 2.20. The van der Waals surface area contributed by atoms with Gasteiger partial charge in [0.1, 0.15) is 0 Å². The number of ether oxygens (including phenoxy) is 2. The number of aliphatic hydroxyl groups excluding tert-OH is 1. The van der Waals surface area contributed by atoms with Gasteiger partial charge in [0.15, 0.2) is 11.5 Å². The molecule has 4 nitrogen and oxygen atoms in total. The maximum atomic E-state index is 10.5. The van der Waals surface area contributed by atoms with Crippen LogP contribution in [0.15, 0.2) is 18.2 Å². The molecule has 0 spiro atoms. The van der Waals surface area contributed by atoms with Gasteiger partial charge in [-0.2, -0.15) is 11.8 Å². The second-order valence-corrected chi connectivity index (χ2v) is 5.83. The van der Waals surface area contributed by atoms with Crippen molar-refractivity contribution >= 4 is 11.8 Å². The van der Waals surface area contributed by atoms with Crippen LogP contribution in [0.5, 0.6) is 11.5 Å². The molecule has 0 aliphatic carbocycles. The number of likely N-dealkylation sites (N-methyl/N-ethyl adjacent to an activating group) is 1. The van der Waals surface area contributed by atoms with E-state index < -0.39 is 6.10 Å². The van der Waals surface area contributed by atoms with E-state index in [1.54, 1.807) is 14.2 Å². The molecule has 1 heterocycles. The van der Waals surface area contributed by atoms with Crippen LogP contribution in [0.2, 0.25) is 0 Å². The minimum atomic E-state index is -0.502. The molecule has 1 aliphatic heterocycles. The molecule has 106 valence electrons. The molecule has 2 rings (SSSR count). The van der Waals surface area contributed by atoms with E-state index >= 15 is 0 Å². The van der Waals surface area contributed by atoms with Crippen LogP contribution in [0.1, 0.15) is 11.7 Å². The van der Waals surface area contributed by atoms with E-state index in [1.165, 1.54) is 0 Å². The predicted octanol–water partition coefficient (Wildman–Crippen LogP) is 1.78. The molecule has 0 aromatic heterocycles. The van der Waals surface area contributed by atoms with Crippen LogP contribution in [0.3, 0.4) is 0 Å². The first-order valence-electron chi connectivity index (χ1n) is 6.35. The Hall–Kier alpha value is -0.910.